The number of hydrogen-bond donors (Lipinski definition) is 0. The van der Waals surface area contributed by atoms with E-state index in [1.807, 2.05) is 20.8 Å². The van der Waals surface area contributed by atoms with Crippen LogP contribution in [0.2, 0.25) is 0 Å². The summed E-state index contributed by atoms with van der Waals surface area (Å²) in [6.07, 6.45) is 2.16. The number of carbonyl (C=O) groups is 1. The van der Waals surface area contributed by atoms with Crippen LogP contribution >= 0.6 is 0 Å². The van der Waals surface area contributed by atoms with Crippen LogP contribution in [0.25, 0.3) is 10.9 Å². The maximum absolute atomic E-state index is 13.3. The Hall–Kier alpha value is -2.94. The summed E-state index contributed by atoms with van der Waals surface area (Å²) < 4.78 is 30.1. The number of benzene rings is 1. The van der Waals surface area contributed by atoms with Crippen molar-refractivity contribution in [1.29, 1.82) is 0 Å². The number of ketones is 1. The molecule has 0 N–H and O–H groups in total. The zero-order chi connectivity index (χ0) is 21.0. The Balaban J connectivity index is 2.33. The van der Waals surface area contributed by atoms with E-state index in [2.05, 4.69) is 5.10 Å². The van der Waals surface area contributed by atoms with E-state index in [4.69, 9.17) is 4.18 Å². The van der Waals surface area contributed by atoms with Gasteiger partial charge >= 0.3 is 10.1 Å². The molecule has 0 saturated heterocycles. The van der Waals surface area contributed by atoms with Gasteiger partial charge in [0.1, 0.15) is 5.56 Å². The van der Waals surface area contributed by atoms with Crippen LogP contribution < -0.4 is 8.91 Å². The summed E-state index contributed by atoms with van der Waals surface area (Å²) >= 11 is 0. The van der Waals surface area contributed by atoms with Crippen LogP contribution in [0.15, 0.2) is 18.3 Å². The van der Waals surface area contributed by atoms with Gasteiger partial charge in [-0.25, -0.2) is 4.68 Å². The standard InChI is InChI=1S/C19H21N3O5S/c1-10-7-8-14(16-12(3)11(2)13(4)22(24)17(10)16)18(23)15-9-20-21(5)19(15)27-28(6,25)26/h7-9H,1-6H3. The summed E-state index contributed by atoms with van der Waals surface area (Å²) in [4.78, 5) is 13.3. The number of aromatic nitrogens is 3. The highest BCUT2D eigenvalue weighted by molar-refractivity contribution is 7.86. The van der Waals surface area contributed by atoms with Gasteiger partial charge in [-0.15, -0.1) is 0 Å². The SMILES string of the molecule is Cc1c(C)c2c(C(=O)c3cnn(C)c3OS(C)(=O)=O)ccc(C)c2[n+]([O-])c1C. The Morgan fingerprint density at radius 2 is 1.79 bits per heavy atom. The Morgan fingerprint density at radius 3 is 2.39 bits per heavy atom. The minimum absolute atomic E-state index is 0.00755. The second kappa shape index (κ2) is 6.59. The first-order chi connectivity index (χ1) is 12.9. The molecule has 28 heavy (non-hydrogen) atoms. The summed E-state index contributed by atoms with van der Waals surface area (Å²) in [6, 6.07) is 3.34. The Labute approximate surface area is 163 Å². The van der Waals surface area contributed by atoms with Crippen LogP contribution in [0, 0.1) is 32.9 Å². The molecule has 0 amide bonds. The fourth-order valence-corrected chi connectivity index (χ4v) is 3.76. The summed E-state index contributed by atoms with van der Waals surface area (Å²) in [5, 5.41) is 17.3. The van der Waals surface area contributed by atoms with E-state index in [1.54, 1.807) is 19.1 Å². The maximum Gasteiger partial charge on any atom is 0.307 e. The largest absolute Gasteiger partial charge is 0.618 e. The third kappa shape index (κ3) is 3.11. The van der Waals surface area contributed by atoms with Crippen LogP contribution in [0.3, 0.4) is 0 Å². The van der Waals surface area contributed by atoms with Crippen molar-refractivity contribution in [2.75, 3.05) is 6.26 Å². The van der Waals surface area contributed by atoms with E-state index in [0.29, 0.717) is 16.6 Å². The van der Waals surface area contributed by atoms with E-state index in [9.17, 15) is 18.4 Å². The first kappa shape index (κ1) is 19.8. The van der Waals surface area contributed by atoms with Gasteiger partial charge in [0.15, 0.2) is 5.69 Å². The van der Waals surface area contributed by atoms with Gasteiger partial charge in [-0.2, -0.15) is 18.2 Å². The van der Waals surface area contributed by atoms with Crippen molar-refractivity contribution in [3.8, 4) is 5.88 Å². The van der Waals surface area contributed by atoms with Crippen molar-refractivity contribution >= 4 is 26.8 Å². The summed E-state index contributed by atoms with van der Waals surface area (Å²) in [6.45, 7) is 7.23. The Bertz CT molecular complexity index is 1240. The van der Waals surface area contributed by atoms with Crippen molar-refractivity contribution in [3.63, 3.8) is 0 Å². The third-order valence-corrected chi connectivity index (χ3v) is 5.43. The molecule has 0 aliphatic carbocycles. The Morgan fingerprint density at radius 1 is 1.14 bits per heavy atom. The molecular weight excluding hydrogens is 382 g/mol. The van der Waals surface area contributed by atoms with Gasteiger partial charge in [0.05, 0.1) is 17.8 Å². The molecule has 0 atom stereocenters. The molecular formula is C19H21N3O5S. The number of pyridine rings is 1. The molecule has 0 aliphatic rings. The molecule has 0 saturated carbocycles. The van der Waals surface area contributed by atoms with Gasteiger partial charge in [-0.05, 0) is 32.4 Å². The van der Waals surface area contributed by atoms with Gasteiger partial charge in [0.25, 0.3) is 0 Å². The Kier molecular flexibility index (Phi) is 4.66. The smallest absolute Gasteiger partial charge is 0.307 e. The van der Waals surface area contributed by atoms with Gasteiger partial charge in [-0.1, -0.05) is 6.07 Å². The van der Waals surface area contributed by atoms with E-state index >= 15 is 0 Å². The van der Waals surface area contributed by atoms with Gasteiger partial charge < -0.3 is 9.39 Å². The molecule has 2 aromatic heterocycles. The fraction of sp³-hybridized carbons (Fsp3) is 0.316. The average molecular weight is 403 g/mol. The molecule has 0 spiro atoms. The summed E-state index contributed by atoms with van der Waals surface area (Å²) in [7, 11) is -2.37. The lowest BCUT2D eigenvalue weighted by Gasteiger charge is -2.15. The number of fused-ring (bicyclic) bond motifs is 1. The van der Waals surface area contributed by atoms with Gasteiger partial charge in [-0.3, -0.25) is 4.79 Å². The molecule has 0 fully saturated rings. The van der Waals surface area contributed by atoms with Crippen molar-refractivity contribution in [2.45, 2.75) is 27.7 Å². The second-order valence-corrected chi connectivity index (χ2v) is 8.46. The minimum Gasteiger partial charge on any atom is -0.618 e. The molecule has 0 bridgehead atoms. The molecule has 9 heteroatoms. The highest BCUT2D eigenvalue weighted by Gasteiger charge is 2.27. The third-order valence-electron chi connectivity index (χ3n) is 4.97. The number of nitrogens with zero attached hydrogens (tertiary/aromatic N) is 3. The molecule has 0 unspecified atom stereocenters. The molecule has 8 nitrogen and oxygen atoms in total. The molecule has 0 radical (unpaired) electrons. The number of aryl methyl sites for hydroxylation is 3. The lowest BCUT2D eigenvalue weighted by Crippen LogP contribution is -2.33. The van der Waals surface area contributed by atoms with E-state index in [-0.39, 0.29) is 17.0 Å². The van der Waals surface area contributed by atoms with E-state index in [0.717, 1.165) is 27.7 Å². The molecule has 1 aromatic carbocycles. The fourth-order valence-electron chi connectivity index (χ4n) is 3.27. The molecule has 2 heterocycles. The summed E-state index contributed by atoms with van der Waals surface area (Å²) in [5.74, 6) is -0.638. The molecule has 3 rings (SSSR count). The van der Waals surface area contributed by atoms with Crippen LogP contribution in [0.4, 0.5) is 0 Å². The number of carbonyl (C=O) groups excluding carboxylic acids is 1. The topological polar surface area (TPSA) is 105 Å². The van der Waals surface area contributed by atoms with Crippen LogP contribution in [-0.4, -0.2) is 30.2 Å². The second-order valence-electron chi connectivity index (χ2n) is 6.89. The highest BCUT2D eigenvalue weighted by Crippen LogP contribution is 2.30. The predicted octanol–water partition coefficient (Wildman–Crippen LogP) is 2.01. The first-order valence-electron chi connectivity index (χ1n) is 8.52. The van der Waals surface area contributed by atoms with Crippen molar-refractivity contribution in [1.82, 2.24) is 9.78 Å². The number of hydrogen-bond acceptors (Lipinski definition) is 6. The van der Waals surface area contributed by atoms with Gasteiger partial charge in [0.2, 0.25) is 17.2 Å². The summed E-state index contributed by atoms with van der Waals surface area (Å²) in [5.41, 5.74) is 3.64. The average Bonchev–Trinajstić information content (AvgIpc) is 2.96. The maximum atomic E-state index is 13.3. The van der Waals surface area contributed by atoms with Crippen LogP contribution in [-0.2, 0) is 17.2 Å². The number of rotatable bonds is 4. The lowest BCUT2D eigenvalue weighted by molar-refractivity contribution is -0.584. The van der Waals surface area contributed by atoms with Crippen molar-refractivity contribution < 1.29 is 22.1 Å². The van der Waals surface area contributed by atoms with E-state index < -0.39 is 15.9 Å². The quantitative estimate of drug-likeness (QED) is 0.286. The normalized spacial score (nSPS) is 11.8. The first-order valence-corrected chi connectivity index (χ1v) is 10.3. The zero-order valence-electron chi connectivity index (χ0n) is 16.5. The van der Waals surface area contributed by atoms with E-state index in [1.165, 1.54) is 17.9 Å². The molecule has 0 aliphatic heterocycles. The van der Waals surface area contributed by atoms with Crippen LogP contribution in [0.1, 0.15) is 38.3 Å². The van der Waals surface area contributed by atoms with Crippen molar-refractivity contribution in [3.05, 3.63) is 57.0 Å². The predicted molar refractivity (Wildman–Crippen MR) is 104 cm³/mol. The molecule has 148 valence electrons. The van der Waals surface area contributed by atoms with Crippen LogP contribution in [0.5, 0.6) is 5.88 Å². The van der Waals surface area contributed by atoms with Crippen molar-refractivity contribution in [2.24, 2.45) is 7.05 Å². The van der Waals surface area contributed by atoms with Gasteiger partial charge in [0, 0.05) is 30.7 Å². The monoisotopic (exact) mass is 403 g/mol. The highest BCUT2D eigenvalue weighted by atomic mass is 32.2. The lowest BCUT2D eigenvalue weighted by atomic mass is 9.93. The molecule has 3 aromatic rings. The zero-order valence-corrected chi connectivity index (χ0v) is 17.3. The minimum atomic E-state index is -3.85.